The van der Waals surface area contributed by atoms with Gasteiger partial charge in [0.1, 0.15) is 18.8 Å². The number of nitrogens with one attached hydrogen (secondary N) is 1. The van der Waals surface area contributed by atoms with Crippen LogP contribution in [0.4, 0.5) is 5.69 Å². The number of fused-ring (bicyclic) bond motifs is 2. The molecule has 0 spiro atoms. The highest BCUT2D eigenvalue weighted by molar-refractivity contribution is 6.05. The standard InChI is InChI=1S/C19H15NO6/c1-23-15-4-2-3-11-9-13(19(22)26-17(11)15)18(21)20-12-5-6-14-16(10-12)25-8-7-24-14/h2-6,9-10H,7-8H2,1H3,(H,20,21). The summed E-state index contributed by atoms with van der Waals surface area (Å²) in [6, 6.07) is 11.7. The highest BCUT2D eigenvalue weighted by Crippen LogP contribution is 2.32. The number of benzene rings is 2. The highest BCUT2D eigenvalue weighted by atomic mass is 16.6. The Bertz CT molecular complexity index is 1060. The van der Waals surface area contributed by atoms with Gasteiger partial charge in [0, 0.05) is 17.1 Å². The van der Waals surface area contributed by atoms with Crippen molar-refractivity contribution < 1.29 is 23.4 Å². The zero-order valence-corrected chi connectivity index (χ0v) is 13.9. The van der Waals surface area contributed by atoms with E-state index in [1.54, 1.807) is 36.4 Å². The van der Waals surface area contributed by atoms with Crippen LogP contribution in [0.2, 0.25) is 0 Å². The van der Waals surface area contributed by atoms with Crippen molar-refractivity contribution in [3.63, 3.8) is 0 Å². The van der Waals surface area contributed by atoms with Crippen molar-refractivity contribution in [3.8, 4) is 17.2 Å². The Hall–Kier alpha value is -3.48. The fraction of sp³-hybridized carbons (Fsp3) is 0.158. The highest BCUT2D eigenvalue weighted by Gasteiger charge is 2.17. The third kappa shape index (κ3) is 2.83. The number of rotatable bonds is 3. The first kappa shape index (κ1) is 16.0. The van der Waals surface area contributed by atoms with Gasteiger partial charge in [0.2, 0.25) is 0 Å². The van der Waals surface area contributed by atoms with E-state index >= 15 is 0 Å². The molecule has 0 radical (unpaired) electrons. The van der Waals surface area contributed by atoms with Crippen molar-refractivity contribution >= 4 is 22.6 Å². The molecule has 2 aromatic carbocycles. The number of ether oxygens (including phenoxy) is 3. The van der Waals surface area contributed by atoms with Crippen LogP contribution in [0.15, 0.2) is 51.7 Å². The Morgan fingerprint density at radius 3 is 2.69 bits per heavy atom. The summed E-state index contributed by atoms with van der Waals surface area (Å²) in [6.45, 7) is 0.931. The smallest absolute Gasteiger partial charge is 0.349 e. The maximum absolute atomic E-state index is 12.5. The quantitative estimate of drug-likeness (QED) is 0.729. The zero-order valence-electron chi connectivity index (χ0n) is 13.9. The minimum Gasteiger partial charge on any atom is -0.493 e. The molecule has 0 fully saturated rings. The fourth-order valence-corrected chi connectivity index (χ4v) is 2.76. The van der Waals surface area contributed by atoms with Crippen LogP contribution in [0.5, 0.6) is 17.2 Å². The van der Waals surface area contributed by atoms with Gasteiger partial charge in [0.15, 0.2) is 22.8 Å². The van der Waals surface area contributed by atoms with E-state index in [4.69, 9.17) is 18.6 Å². The summed E-state index contributed by atoms with van der Waals surface area (Å²) >= 11 is 0. The summed E-state index contributed by atoms with van der Waals surface area (Å²) in [7, 11) is 1.48. The van der Waals surface area contributed by atoms with Crippen molar-refractivity contribution in [2.24, 2.45) is 0 Å². The summed E-state index contributed by atoms with van der Waals surface area (Å²) in [6.07, 6.45) is 0. The van der Waals surface area contributed by atoms with Gasteiger partial charge in [-0.15, -0.1) is 0 Å². The molecule has 26 heavy (non-hydrogen) atoms. The van der Waals surface area contributed by atoms with E-state index < -0.39 is 11.5 Å². The first-order chi connectivity index (χ1) is 12.7. The number of methoxy groups -OCH3 is 1. The van der Waals surface area contributed by atoms with E-state index in [2.05, 4.69) is 5.32 Å². The first-order valence-electron chi connectivity index (χ1n) is 7.97. The van der Waals surface area contributed by atoms with Crippen LogP contribution in [-0.4, -0.2) is 26.2 Å². The Balaban J connectivity index is 1.66. The third-order valence-electron chi connectivity index (χ3n) is 3.99. The van der Waals surface area contributed by atoms with Crippen LogP contribution >= 0.6 is 0 Å². The van der Waals surface area contributed by atoms with Gasteiger partial charge < -0.3 is 23.9 Å². The molecule has 0 bridgehead atoms. The molecule has 1 aliphatic rings. The molecular weight excluding hydrogens is 338 g/mol. The summed E-state index contributed by atoms with van der Waals surface area (Å²) in [4.78, 5) is 24.8. The van der Waals surface area contributed by atoms with E-state index in [0.29, 0.717) is 47.1 Å². The summed E-state index contributed by atoms with van der Waals surface area (Å²) in [5.41, 5.74) is -0.0436. The predicted octanol–water partition coefficient (Wildman–Crippen LogP) is 2.83. The molecule has 1 aliphatic heterocycles. The zero-order chi connectivity index (χ0) is 18.1. The molecule has 0 unspecified atom stereocenters. The lowest BCUT2D eigenvalue weighted by molar-refractivity contribution is 0.102. The normalized spacial score (nSPS) is 12.7. The van der Waals surface area contributed by atoms with Crippen molar-refractivity contribution in [1.82, 2.24) is 0 Å². The van der Waals surface area contributed by atoms with Crippen LogP contribution in [0.1, 0.15) is 10.4 Å². The maximum atomic E-state index is 12.5. The number of carbonyl (C=O) groups excluding carboxylic acids is 1. The number of amides is 1. The van der Waals surface area contributed by atoms with Crippen LogP contribution in [0.3, 0.4) is 0 Å². The van der Waals surface area contributed by atoms with E-state index in [0.717, 1.165) is 0 Å². The summed E-state index contributed by atoms with van der Waals surface area (Å²) in [5.74, 6) is 1.02. The average Bonchev–Trinajstić information content (AvgIpc) is 2.66. The van der Waals surface area contributed by atoms with Crippen LogP contribution in [0.25, 0.3) is 11.0 Å². The molecule has 2 heterocycles. The van der Waals surface area contributed by atoms with Gasteiger partial charge in [0.05, 0.1) is 7.11 Å². The second kappa shape index (κ2) is 6.44. The minimum absolute atomic E-state index is 0.0966. The van der Waals surface area contributed by atoms with Gasteiger partial charge in [-0.05, 0) is 24.3 Å². The van der Waals surface area contributed by atoms with Crippen molar-refractivity contribution in [2.75, 3.05) is 25.6 Å². The van der Waals surface area contributed by atoms with E-state index in [1.165, 1.54) is 13.2 Å². The van der Waals surface area contributed by atoms with Crippen molar-refractivity contribution in [3.05, 3.63) is 58.4 Å². The number of hydrogen-bond acceptors (Lipinski definition) is 6. The predicted molar refractivity (Wildman–Crippen MR) is 94.4 cm³/mol. The molecule has 4 rings (SSSR count). The van der Waals surface area contributed by atoms with Gasteiger partial charge >= 0.3 is 5.63 Å². The second-order valence-corrected chi connectivity index (χ2v) is 5.64. The molecule has 0 atom stereocenters. The topological polar surface area (TPSA) is 87.0 Å². The van der Waals surface area contributed by atoms with Gasteiger partial charge in [0.25, 0.3) is 5.91 Å². The lowest BCUT2D eigenvalue weighted by Gasteiger charge is -2.18. The second-order valence-electron chi connectivity index (χ2n) is 5.64. The largest absolute Gasteiger partial charge is 0.493 e. The van der Waals surface area contributed by atoms with E-state index in [-0.39, 0.29) is 5.56 Å². The number of para-hydroxylation sites is 1. The Kier molecular flexibility index (Phi) is 3.96. The molecule has 1 amide bonds. The number of anilines is 1. The summed E-state index contributed by atoms with van der Waals surface area (Å²) in [5, 5.41) is 3.27. The Morgan fingerprint density at radius 1 is 1.08 bits per heavy atom. The van der Waals surface area contributed by atoms with Crippen molar-refractivity contribution in [2.45, 2.75) is 0 Å². The average molecular weight is 353 g/mol. The molecule has 0 saturated carbocycles. The monoisotopic (exact) mass is 353 g/mol. The maximum Gasteiger partial charge on any atom is 0.349 e. The first-order valence-corrected chi connectivity index (χ1v) is 7.97. The molecular formula is C19H15NO6. The number of carbonyl (C=O) groups is 1. The SMILES string of the molecule is COc1cccc2cc(C(=O)Nc3ccc4c(c3)OCCO4)c(=O)oc12. The van der Waals surface area contributed by atoms with E-state index in [1.807, 2.05) is 0 Å². The molecule has 1 N–H and O–H groups in total. The molecule has 1 aromatic heterocycles. The minimum atomic E-state index is -0.739. The molecule has 132 valence electrons. The lowest BCUT2D eigenvalue weighted by Crippen LogP contribution is -2.21. The molecule has 0 saturated heterocycles. The van der Waals surface area contributed by atoms with Gasteiger partial charge in [-0.2, -0.15) is 0 Å². The Morgan fingerprint density at radius 2 is 1.88 bits per heavy atom. The third-order valence-corrected chi connectivity index (χ3v) is 3.99. The molecule has 3 aromatic rings. The van der Waals surface area contributed by atoms with Crippen LogP contribution in [-0.2, 0) is 0 Å². The fourth-order valence-electron chi connectivity index (χ4n) is 2.76. The molecule has 7 nitrogen and oxygen atoms in total. The summed E-state index contributed by atoms with van der Waals surface area (Å²) < 4.78 is 21.4. The molecule has 0 aliphatic carbocycles. The number of hydrogen-bond donors (Lipinski definition) is 1. The van der Waals surface area contributed by atoms with Gasteiger partial charge in [-0.25, -0.2) is 4.79 Å². The van der Waals surface area contributed by atoms with Crippen LogP contribution in [0, 0.1) is 0 Å². The van der Waals surface area contributed by atoms with Crippen molar-refractivity contribution in [1.29, 1.82) is 0 Å². The Labute approximate surface area is 148 Å². The molecule has 7 heteroatoms. The van der Waals surface area contributed by atoms with Gasteiger partial charge in [-0.1, -0.05) is 12.1 Å². The lowest BCUT2D eigenvalue weighted by atomic mass is 10.1. The van der Waals surface area contributed by atoms with E-state index in [9.17, 15) is 9.59 Å². The van der Waals surface area contributed by atoms with Gasteiger partial charge in [-0.3, -0.25) is 4.79 Å². The van der Waals surface area contributed by atoms with Crippen LogP contribution < -0.4 is 25.2 Å².